The van der Waals surface area contributed by atoms with Crippen LogP contribution in [0.1, 0.15) is 48.8 Å². The van der Waals surface area contributed by atoms with E-state index in [0.29, 0.717) is 11.3 Å². The average Bonchev–Trinajstić information content (AvgIpc) is 3.30. The summed E-state index contributed by atoms with van der Waals surface area (Å²) in [6.45, 7) is 6.83. The summed E-state index contributed by atoms with van der Waals surface area (Å²) in [5.74, 6) is 0.982. The Kier molecular flexibility index (Phi) is 6.03. The van der Waals surface area contributed by atoms with Crippen LogP contribution >= 0.6 is 11.8 Å². The SMILES string of the molecule is CC(C)(C)c1ccc(C2SCN(c3ccc(-c4ccccc4)cc3)C2c2ccccc2)cc1. The van der Waals surface area contributed by atoms with E-state index in [1.807, 2.05) is 11.8 Å². The fourth-order valence-electron chi connectivity index (χ4n) is 4.66. The molecular formula is C31H31NS. The van der Waals surface area contributed by atoms with Gasteiger partial charge >= 0.3 is 0 Å². The van der Waals surface area contributed by atoms with Crippen molar-refractivity contribution in [3.63, 3.8) is 0 Å². The number of anilines is 1. The van der Waals surface area contributed by atoms with Gasteiger partial charge in [0.05, 0.1) is 17.2 Å². The maximum absolute atomic E-state index is 2.57. The molecule has 1 saturated heterocycles. The van der Waals surface area contributed by atoms with E-state index in [1.165, 1.54) is 33.5 Å². The van der Waals surface area contributed by atoms with Gasteiger partial charge in [-0.25, -0.2) is 0 Å². The molecule has 2 unspecified atom stereocenters. The fraction of sp³-hybridized carbons (Fsp3) is 0.226. The first kappa shape index (κ1) is 21.9. The molecule has 0 aliphatic carbocycles. The predicted octanol–water partition coefficient (Wildman–Crippen LogP) is 8.64. The fourth-order valence-corrected chi connectivity index (χ4v) is 6.13. The molecule has 1 heterocycles. The minimum Gasteiger partial charge on any atom is -0.354 e. The van der Waals surface area contributed by atoms with Crippen molar-refractivity contribution < 1.29 is 0 Å². The Morgan fingerprint density at radius 1 is 0.636 bits per heavy atom. The summed E-state index contributed by atoms with van der Waals surface area (Å²) in [6.07, 6.45) is 0. The standard InChI is InChI=1S/C31H31NS/c1-31(2,3)27-18-14-26(15-19-27)30-29(25-12-8-5-9-13-25)32(22-33-30)28-20-16-24(17-21-28)23-10-6-4-7-11-23/h4-21,29-30H,22H2,1-3H3. The summed E-state index contributed by atoms with van der Waals surface area (Å²) >= 11 is 2.04. The Bertz CT molecular complexity index is 1180. The van der Waals surface area contributed by atoms with Gasteiger partial charge < -0.3 is 4.90 Å². The van der Waals surface area contributed by atoms with Crippen LogP contribution in [-0.4, -0.2) is 5.88 Å². The van der Waals surface area contributed by atoms with Crippen LogP contribution in [0.4, 0.5) is 5.69 Å². The van der Waals surface area contributed by atoms with Gasteiger partial charge in [0.15, 0.2) is 0 Å². The number of nitrogens with zero attached hydrogens (tertiary/aromatic N) is 1. The molecule has 33 heavy (non-hydrogen) atoms. The monoisotopic (exact) mass is 449 g/mol. The summed E-state index contributed by atoms with van der Waals surface area (Å²) < 4.78 is 0. The Morgan fingerprint density at radius 2 is 1.21 bits per heavy atom. The summed E-state index contributed by atoms with van der Waals surface area (Å²) in [4.78, 5) is 2.57. The molecular weight excluding hydrogens is 418 g/mol. The zero-order valence-corrected chi connectivity index (χ0v) is 20.4. The highest BCUT2D eigenvalue weighted by molar-refractivity contribution is 7.99. The minimum atomic E-state index is 0.173. The second-order valence-electron chi connectivity index (χ2n) is 9.83. The van der Waals surface area contributed by atoms with E-state index < -0.39 is 0 Å². The lowest BCUT2D eigenvalue weighted by Crippen LogP contribution is -2.24. The predicted molar refractivity (Wildman–Crippen MR) is 144 cm³/mol. The number of hydrogen-bond acceptors (Lipinski definition) is 2. The number of benzene rings is 4. The van der Waals surface area contributed by atoms with Crippen molar-refractivity contribution in [2.45, 2.75) is 37.5 Å². The topological polar surface area (TPSA) is 3.24 Å². The second-order valence-corrected chi connectivity index (χ2v) is 10.9. The number of thioether (sulfide) groups is 1. The van der Waals surface area contributed by atoms with E-state index >= 15 is 0 Å². The quantitative estimate of drug-likeness (QED) is 0.307. The third-order valence-corrected chi connectivity index (χ3v) is 7.88. The molecule has 0 spiro atoms. The molecule has 4 aromatic carbocycles. The van der Waals surface area contributed by atoms with Crippen LogP contribution in [0.15, 0.2) is 109 Å². The molecule has 5 rings (SSSR count). The second kappa shape index (κ2) is 9.11. The molecule has 0 radical (unpaired) electrons. The molecule has 0 saturated carbocycles. The molecule has 1 aliphatic rings. The van der Waals surface area contributed by atoms with Crippen molar-refractivity contribution in [3.8, 4) is 11.1 Å². The first-order valence-electron chi connectivity index (χ1n) is 11.7. The van der Waals surface area contributed by atoms with E-state index in [-0.39, 0.29) is 5.41 Å². The molecule has 4 aromatic rings. The van der Waals surface area contributed by atoms with Crippen molar-refractivity contribution in [2.75, 3.05) is 10.8 Å². The van der Waals surface area contributed by atoms with Crippen LogP contribution in [0.2, 0.25) is 0 Å². The summed E-state index contributed by atoms with van der Waals surface area (Å²) in [6, 6.07) is 40.3. The average molecular weight is 450 g/mol. The van der Waals surface area contributed by atoms with Gasteiger partial charge in [0.1, 0.15) is 0 Å². The van der Waals surface area contributed by atoms with Crippen molar-refractivity contribution in [2.24, 2.45) is 0 Å². The highest BCUT2D eigenvalue weighted by Crippen LogP contribution is 2.52. The Balaban J connectivity index is 1.48. The van der Waals surface area contributed by atoms with Gasteiger partial charge in [-0.05, 0) is 45.4 Å². The van der Waals surface area contributed by atoms with Crippen molar-refractivity contribution >= 4 is 17.4 Å². The molecule has 166 valence electrons. The number of rotatable bonds is 4. The highest BCUT2D eigenvalue weighted by Gasteiger charge is 2.37. The van der Waals surface area contributed by atoms with E-state index in [1.54, 1.807) is 0 Å². The molecule has 0 N–H and O–H groups in total. The normalized spacial score (nSPS) is 18.5. The molecule has 2 heteroatoms. The third-order valence-electron chi connectivity index (χ3n) is 6.57. The first-order chi connectivity index (χ1) is 16.0. The highest BCUT2D eigenvalue weighted by atomic mass is 32.2. The van der Waals surface area contributed by atoms with Gasteiger partial charge in [-0.2, -0.15) is 0 Å². The van der Waals surface area contributed by atoms with Crippen LogP contribution < -0.4 is 4.90 Å². The van der Waals surface area contributed by atoms with Crippen molar-refractivity contribution in [1.29, 1.82) is 0 Å². The number of hydrogen-bond donors (Lipinski definition) is 0. The van der Waals surface area contributed by atoms with Crippen LogP contribution in [0.25, 0.3) is 11.1 Å². The smallest absolute Gasteiger partial charge is 0.0711 e. The molecule has 0 amide bonds. The summed E-state index contributed by atoms with van der Waals surface area (Å²) in [7, 11) is 0. The van der Waals surface area contributed by atoms with Gasteiger partial charge in [-0.15, -0.1) is 11.8 Å². The van der Waals surface area contributed by atoms with Crippen molar-refractivity contribution in [3.05, 3.63) is 126 Å². The Morgan fingerprint density at radius 3 is 1.82 bits per heavy atom. The molecule has 1 fully saturated rings. The van der Waals surface area contributed by atoms with Crippen molar-refractivity contribution in [1.82, 2.24) is 0 Å². The summed E-state index contributed by atoms with van der Waals surface area (Å²) in [5, 5.41) is 0.398. The summed E-state index contributed by atoms with van der Waals surface area (Å²) in [5.41, 5.74) is 8.15. The molecule has 2 atom stereocenters. The maximum atomic E-state index is 2.57. The van der Waals surface area contributed by atoms with E-state index in [2.05, 4.69) is 135 Å². The zero-order chi connectivity index (χ0) is 22.8. The van der Waals surface area contributed by atoms with Gasteiger partial charge in [0.2, 0.25) is 0 Å². The maximum Gasteiger partial charge on any atom is 0.0711 e. The molecule has 0 aromatic heterocycles. The lowest BCUT2D eigenvalue weighted by molar-refractivity contribution is 0.589. The Hall–Kier alpha value is -2.97. The Labute approximate surface area is 202 Å². The molecule has 0 bridgehead atoms. The van der Waals surface area contributed by atoms with Crippen LogP contribution in [-0.2, 0) is 5.41 Å². The third kappa shape index (κ3) is 4.58. The van der Waals surface area contributed by atoms with Crippen LogP contribution in [0.5, 0.6) is 0 Å². The lowest BCUT2D eigenvalue weighted by Gasteiger charge is -2.30. The van der Waals surface area contributed by atoms with E-state index in [4.69, 9.17) is 0 Å². The van der Waals surface area contributed by atoms with Gasteiger partial charge in [-0.1, -0.05) is 118 Å². The van der Waals surface area contributed by atoms with Crippen LogP contribution in [0.3, 0.4) is 0 Å². The van der Waals surface area contributed by atoms with Gasteiger partial charge in [-0.3, -0.25) is 0 Å². The minimum absolute atomic E-state index is 0.173. The first-order valence-corrected chi connectivity index (χ1v) is 12.7. The van der Waals surface area contributed by atoms with Gasteiger partial charge in [0, 0.05) is 5.69 Å². The van der Waals surface area contributed by atoms with Crippen LogP contribution in [0, 0.1) is 0 Å². The molecule has 1 nitrogen and oxygen atoms in total. The lowest BCUT2D eigenvalue weighted by atomic mass is 9.86. The largest absolute Gasteiger partial charge is 0.354 e. The van der Waals surface area contributed by atoms with Gasteiger partial charge in [0.25, 0.3) is 0 Å². The van der Waals surface area contributed by atoms with E-state index in [0.717, 1.165) is 5.88 Å². The zero-order valence-electron chi connectivity index (χ0n) is 19.6. The van der Waals surface area contributed by atoms with E-state index in [9.17, 15) is 0 Å². The molecule has 1 aliphatic heterocycles.